The standard InChI is InChI=1S/C9H15N3O2/c1-6-4-8(12(3)11-6)7(10-2)5-9(13)14/h4,7,10H,5H2,1-3H3,(H,13,14). The van der Waals surface area contributed by atoms with Crippen LogP contribution in [0.3, 0.4) is 0 Å². The molecule has 0 amide bonds. The largest absolute Gasteiger partial charge is 0.481 e. The van der Waals surface area contributed by atoms with E-state index in [4.69, 9.17) is 5.11 Å². The van der Waals surface area contributed by atoms with Crippen LogP contribution in [-0.4, -0.2) is 27.9 Å². The van der Waals surface area contributed by atoms with Crippen LogP contribution in [-0.2, 0) is 11.8 Å². The van der Waals surface area contributed by atoms with Gasteiger partial charge in [-0.25, -0.2) is 0 Å². The maximum absolute atomic E-state index is 10.6. The summed E-state index contributed by atoms with van der Waals surface area (Å²) in [5.41, 5.74) is 1.79. The molecule has 0 saturated heterocycles. The van der Waals surface area contributed by atoms with Crippen molar-refractivity contribution >= 4 is 5.97 Å². The number of carboxylic acid groups (broad SMARTS) is 1. The van der Waals surface area contributed by atoms with Crippen molar-refractivity contribution in [1.82, 2.24) is 15.1 Å². The van der Waals surface area contributed by atoms with Crippen LogP contribution in [0.4, 0.5) is 0 Å². The van der Waals surface area contributed by atoms with E-state index in [1.54, 1.807) is 11.7 Å². The summed E-state index contributed by atoms with van der Waals surface area (Å²) < 4.78 is 1.71. The van der Waals surface area contributed by atoms with Gasteiger partial charge in [0.1, 0.15) is 0 Å². The third-order valence-corrected chi connectivity index (χ3v) is 2.12. The monoisotopic (exact) mass is 197 g/mol. The molecule has 0 aliphatic carbocycles. The van der Waals surface area contributed by atoms with Crippen molar-refractivity contribution in [2.45, 2.75) is 19.4 Å². The molecule has 0 aliphatic rings. The molecule has 0 spiro atoms. The fourth-order valence-electron chi connectivity index (χ4n) is 1.49. The first-order valence-corrected chi connectivity index (χ1v) is 4.44. The molecule has 2 N–H and O–H groups in total. The van der Waals surface area contributed by atoms with Crippen molar-refractivity contribution < 1.29 is 9.90 Å². The second-order valence-corrected chi connectivity index (χ2v) is 3.27. The Balaban J connectivity index is 2.88. The molecule has 1 atom stereocenters. The van der Waals surface area contributed by atoms with E-state index < -0.39 is 5.97 Å². The zero-order valence-corrected chi connectivity index (χ0v) is 8.61. The van der Waals surface area contributed by atoms with Gasteiger partial charge in [-0.15, -0.1) is 0 Å². The van der Waals surface area contributed by atoms with Crippen LogP contribution in [0, 0.1) is 6.92 Å². The molecule has 0 aliphatic heterocycles. The molecule has 0 fully saturated rings. The lowest BCUT2D eigenvalue weighted by Gasteiger charge is -2.13. The van der Waals surface area contributed by atoms with Crippen molar-refractivity contribution in [3.05, 3.63) is 17.5 Å². The predicted octanol–water partition coefficient (Wildman–Crippen LogP) is 0.464. The van der Waals surface area contributed by atoms with E-state index in [2.05, 4.69) is 10.4 Å². The second kappa shape index (κ2) is 4.23. The van der Waals surface area contributed by atoms with Crippen LogP contribution in [0.5, 0.6) is 0 Å². The molecule has 5 heteroatoms. The SMILES string of the molecule is CNC(CC(=O)O)c1cc(C)nn1C. The summed E-state index contributed by atoms with van der Waals surface area (Å²) in [6, 6.07) is 1.71. The third-order valence-electron chi connectivity index (χ3n) is 2.12. The van der Waals surface area contributed by atoms with E-state index in [0.717, 1.165) is 11.4 Å². The average Bonchev–Trinajstić information content (AvgIpc) is 2.41. The molecule has 1 unspecified atom stereocenters. The first-order valence-electron chi connectivity index (χ1n) is 4.44. The number of hydrogen-bond acceptors (Lipinski definition) is 3. The van der Waals surface area contributed by atoms with Gasteiger partial charge in [-0.1, -0.05) is 0 Å². The van der Waals surface area contributed by atoms with Crippen molar-refractivity contribution in [3.8, 4) is 0 Å². The molecule has 0 aromatic carbocycles. The molecular formula is C9H15N3O2. The van der Waals surface area contributed by atoms with Crippen LogP contribution in [0.1, 0.15) is 23.9 Å². The Labute approximate surface area is 82.7 Å². The minimum absolute atomic E-state index is 0.0650. The Morgan fingerprint density at radius 1 is 1.79 bits per heavy atom. The van der Waals surface area contributed by atoms with Gasteiger partial charge in [0.15, 0.2) is 0 Å². The number of aromatic nitrogens is 2. The number of rotatable bonds is 4. The lowest BCUT2D eigenvalue weighted by Crippen LogP contribution is -2.22. The van der Waals surface area contributed by atoms with E-state index in [0.29, 0.717) is 0 Å². The van der Waals surface area contributed by atoms with Gasteiger partial charge >= 0.3 is 5.97 Å². The molecule has 0 saturated carbocycles. The smallest absolute Gasteiger partial charge is 0.305 e. The van der Waals surface area contributed by atoms with Gasteiger partial charge in [-0.3, -0.25) is 9.48 Å². The minimum Gasteiger partial charge on any atom is -0.481 e. The summed E-state index contributed by atoms with van der Waals surface area (Å²) in [7, 11) is 3.56. The van der Waals surface area contributed by atoms with E-state index in [9.17, 15) is 4.79 Å². The molecule has 14 heavy (non-hydrogen) atoms. The molecular weight excluding hydrogens is 182 g/mol. The minimum atomic E-state index is -0.816. The Morgan fingerprint density at radius 2 is 2.43 bits per heavy atom. The van der Waals surface area contributed by atoms with Crippen LogP contribution in [0.15, 0.2) is 6.07 Å². The lowest BCUT2D eigenvalue weighted by atomic mass is 10.1. The van der Waals surface area contributed by atoms with E-state index in [1.165, 1.54) is 0 Å². The number of carbonyl (C=O) groups is 1. The zero-order chi connectivity index (χ0) is 10.7. The fraction of sp³-hybridized carbons (Fsp3) is 0.556. The van der Waals surface area contributed by atoms with Crippen molar-refractivity contribution in [1.29, 1.82) is 0 Å². The number of hydrogen-bond donors (Lipinski definition) is 2. The predicted molar refractivity (Wildman–Crippen MR) is 52.0 cm³/mol. The van der Waals surface area contributed by atoms with Crippen LogP contribution in [0.25, 0.3) is 0 Å². The van der Waals surface area contributed by atoms with E-state index >= 15 is 0 Å². The lowest BCUT2D eigenvalue weighted by molar-refractivity contribution is -0.137. The van der Waals surface area contributed by atoms with Gasteiger partial charge in [0.2, 0.25) is 0 Å². The summed E-state index contributed by atoms with van der Waals surface area (Å²) >= 11 is 0. The number of aryl methyl sites for hydroxylation is 2. The first kappa shape index (κ1) is 10.7. The summed E-state index contributed by atoms with van der Waals surface area (Å²) in [5.74, 6) is -0.816. The topological polar surface area (TPSA) is 67.2 Å². The van der Waals surface area contributed by atoms with Crippen LogP contribution in [0.2, 0.25) is 0 Å². The normalized spacial score (nSPS) is 12.8. The maximum atomic E-state index is 10.6. The molecule has 0 bridgehead atoms. The van der Waals surface area contributed by atoms with Crippen molar-refractivity contribution in [2.75, 3.05) is 7.05 Å². The fourth-order valence-corrected chi connectivity index (χ4v) is 1.49. The second-order valence-electron chi connectivity index (χ2n) is 3.27. The first-order chi connectivity index (χ1) is 6.54. The molecule has 1 heterocycles. The quantitative estimate of drug-likeness (QED) is 0.736. The van der Waals surface area contributed by atoms with Gasteiger partial charge < -0.3 is 10.4 Å². The Hall–Kier alpha value is -1.36. The number of nitrogens with one attached hydrogen (secondary N) is 1. The van der Waals surface area contributed by atoms with Crippen LogP contribution < -0.4 is 5.32 Å². The number of nitrogens with zero attached hydrogens (tertiary/aromatic N) is 2. The Morgan fingerprint density at radius 3 is 2.79 bits per heavy atom. The molecule has 5 nitrogen and oxygen atoms in total. The molecule has 78 valence electrons. The van der Waals surface area contributed by atoms with Gasteiger partial charge in [0.25, 0.3) is 0 Å². The molecule has 1 aromatic rings. The summed E-state index contributed by atoms with van der Waals surface area (Å²) in [6.07, 6.45) is 0.0650. The highest BCUT2D eigenvalue weighted by molar-refractivity contribution is 5.67. The summed E-state index contributed by atoms with van der Waals surface area (Å²) in [4.78, 5) is 10.6. The van der Waals surface area contributed by atoms with E-state index in [1.807, 2.05) is 20.0 Å². The highest BCUT2D eigenvalue weighted by Gasteiger charge is 2.17. The van der Waals surface area contributed by atoms with Crippen LogP contribution >= 0.6 is 0 Å². The number of aliphatic carboxylic acids is 1. The van der Waals surface area contributed by atoms with E-state index in [-0.39, 0.29) is 12.5 Å². The highest BCUT2D eigenvalue weighted by atomic mass is 16.4. The highest BCUT2D eigenvalue weighted by Crippen LogP contribution is 2.16. The van der Waals surface area contributed by atoms with Gasteiger partial charge in [0.05, 0.1) is 23.9 Å². The molecule has 1 rings (SSSR count). The van der Waals surface area contributed by atoms with Gasteiger partial charge in [-0.05, 0) is 20.0 Å². The Kier molecular flexibility index (Phi) is 3.24. The third kappa shape index (κ3) is 2.32. The molecule has 1 aromatic heterocycles. The van der Waals surface area contributed by atoms with Gasteiger partial charge in [-0.2, -0.15) is 5.10 Å². The molecule has 0 radical (unpaired) electrons. The maximum Gasteiger partial charge on any atom is 0.305 e. The Bertz CT molecular complexity index is 333. The van der Waals surface area contributed by atoms with Gasteiger partial charge in [0, 0.05) is 7.05 Å². The summed E-state index contributed by atoms with van der Waals surface area (Å²) in [6.45, 7) is 1.89. The van der Waals surface area contributed by atoms with Crippen molar-refractivity contribution in [3.63, 3.8) is 0 Å². The summed E-state index contributed by atoms with van der Waals surface area (Å²) in [5, 5.41) is 15.8. The average molecular weight is 197 g/mol. The number of carboxylic acids is 1. The zero-order valence-electron chi connectivity index (χ0n) is 8.61. The van der Waals surface area contributed by atoms with Crippen molar-refractivity contribution in [2.24, 2.45) is 7.05 Å².